The van der Waals surface area contributed by atoms with E-state index in [1.165, 1.54) is 30.3 Å². The Morgan fingerprint density at radius 3 is 3.05 bits per heavy atom. The van der Waals surface area contributed by atoms with Crippen molar-refractivity contribution in [3.8, 4) is 0 Å². The summed E-state index contributed by atoms with van der Waals surface area (Å²) in [4.78, 5) is 11.0. The van der Waals surface area contributed by atoms with Crippen LogP contribution in [0.25, 0.3) is 0 Å². The second kappa shape index (κ2) is 5.93. The Morgan fingerprint density at radius 2 is 2.30 bits per heavy atom. The quantitative estimate of drug-likeness (QED) is 0.856. The Kier molecular flexibility index (Phi) is 4.03. The van der Waals surface area contributed by atoms with Crippen molar-refractivity contribution >= 4 is 34.7 Å². The van der Waals surface area contributed by atoms with Crippen LogP contribution in [0.1, 0.15) is 36.3 Å². The van der Waals surface area contributed by atoms with Crippen molar-refractivity contribution in [3.05, 3.63) is 34.8 Å². The van der Waals surface area contributed by atoms with Crippen molar-refractivity contribution < 1.29 is 4.79 Å². The highest BCUT2D eigenvalue weighted by atomic mass is 32.2. The van der Waals surface area contributed by atoms with Gasteiger partial charge >= 0.3 is 0 Å². The van der Waals surface area contributed by atoms with Crippen molar-refractivity contribution in [1.29, 1.82) is 0 Å². The molecule has 0 bridgehead atoms. The molecule has 0 radical (unpaired) electrons. The van der Waals surface area contributed by atoms with Crippen LogP contribution >= 0.6 is 23.1 Å². The zero-order chi connectivity index (χ0) is 13.9. The molecule has 1 aromatic carbocycles. The van der Waals surface area contributed by atoms with Gasteiger partial charge in [0.25, 0.3) is 0 Å². The average molecular weight is 305 g/mol. The molecule has 0 atom stereocenters. The summed E-state index contributed by atoms with van der Waals surface area (Å²) in [7, 11) is 0. The number of benzene rings is 1. The number of carbonyl (C=O) groups excluding carboxylic acids is 1. The normalized spacial score (nSPS) is 14.2. The van der Waals surface area contributed by atoms with Crippen LogP contribution in [0.3, 0.4) is 0 Å². The fraction of sp³-hybridized carbons (Fsp3) is 0.357. The number of carbonyl (C=O) groups is 1. The first kappa shape index (κ1) is 13.6. The van der Waals surface area contributed by atoms with Gasteiger partial charge in [0.2, 0.25) is 5.91 Å². The third kappa shape index (κ3) is 3.58. The number of aromatic nitrogens is 2. The Bertz CT molecular complexity index is 622. The van der Waals surface area contributed by atoms with Crippen molar-refractivity contribution in [1.82, 2.24) is 10.2 Å². The molecule has 104 valence electrons. The number of thioether (sulfide) groups is 1. The summed E-state index contributed by atoms with van der Waals surface area (Å²) in [6.07, 6.45) is 2.52. The molecule has 4 nitrogen and oxygen atoms in total. The van der Waals surface area contributed by atoms with Gasteiger partial charge < -0.3 is 5.32 Å². The second-order valence-electron chi connectivity index (χ2n) is 4.85. The molecule has 0 unspecified atom stereocenters. The van der Waals surface area contributed by atoms with Gasteiger partial charge in [0.15, 0.2) is 4.34 Å². The lowest BCUT2D eigenvalue weighted by atomic mass is 10.2. The molecule has 0 spiro atoms. The lowest BCUT2D eigenvalue weighted by molar-refractivity contribution is -0.114. The number of nitrogens with one attached hydrogen (secondary N) is 1. The molecule has 20 heavy (non-hydrogen) atoms. The van der Waals surface area contributed by atoms with Crippen LogP contribution in [0.5, 0.6) is 0 Å². The van der Waals surface area contributed by atoms with Gasteiger partial charge in [0.05, 0.1) is 0 Å². The molecule has 1 saturated carbocycles. The summed E-state index contributed by atoms with van der Waals surface area (Å²) in [5.41, 5.74) is 2.01. The van der Waals surface area contributed by atoms with Crippen molar-refractivity contribution in [3.63, 3.8) is 0 Å². The first-order valence-corrected chi connectivity index (χ1v) is 8.33. The van der Waals surface area contributed by atoms with Crippen molar-refractivity contribution in [2.75, 3.05) is 5.32 Å². The molecule has 1 fully saturated rings. The van der Waals surface area contributed by atoms with Gasteiger partial charge in [0, 0.05) is 24.3 Å². The van der Waals surface area contributed by atoms with E-state index in [4.69, 9.17) is 0 Å². The van der Waals surface area contributed by atoms with Gasteiger partial charge in [-0.05, 0) is 30.5 Å². The molecule has 2 aromatic rings. The third-order valence-corrected chi connectivity index (χ3v) is 5.25. The number of rotatable bonds is 5. The van der Waals surface area contributed by atoms with E-state index in [0.29, 0.717) is 5.92 Å². The van der Waals surface area contributed by atoms with E-state index in [9.17, 15) is 4.79 Å². The number of nitrogens with zero attached hydrogens (tertiary/aromatic N) is 2. The van der Waals surface area contributed by atoms with Crippen molar-refractivity contribution in [2.45, 2.75) is 35.8 Å². The van der Waals surface area contributed by atoms with Gasteiger partial charge in [-0.15, -0.1) is 10.2 Å². The van der Waals surface area contributed by atoms with E-state index >= 15 is 0 Å². The van der Waals surface area contributed by atoms with Gasteiger partial charge in [-0.2, -0.15) is 0 Å². The zero-order valence-electron chi connectivity index (χ0n) is 11.1. The minimum atomic E-state index is -0.0481. The van der Waals surface area contributed by atoms with Crippen LogP contribution in [0.15, 0.2) is 28.6 Å². The molecule has 3 rings (SSSR count). The van der Waals surface area contributed by atoms with E-state index in [1.54, 1.807) is 23.1 Å². The molecule has 6 heteroatoms. The third-order valence-electron chi connectivity index (χ3n) is 2.96. The van der Waals surface area contributed by atoms with E-state index in [0.717, 1.165) is 15.8 Å². The largest absolute Gasteiger partial charge is 0.326 e. The smallest absolute Gasteiger partial charge is 0.221 e. The number of anilines is 1. The Balaban J connectivity index is 1.60. The maximum atomic E-state index is 11.0. The maximum Gasteiger partial charge on any atom is 0.221 e. The predicted octanol–water partition coefficient (Wildman–Crippen LogP) is 3.67. The SMILES string of the molecule is CC(=O)Nc1cccc(CSc2nnc(C3CC3)s2)c1. The first-order chi connectivity index (χ1) is 9.70. The predicted molar refractivity (Wildman–Crippen MR) is 82.2 cm³/mol. The molecule has 1 aliphatic rings. The summed E-state index contributed by atoms with van der Waals surface area (Å²) in [6.45, 7) is 1.52. The van der Waals surface area contributed by atoms with E-state index < -0.39 is 0 Å². The topological polar surface area (TPSA) is 54.9 Å². The summed E-state index contributed by atoms with van der Waals surface area (Å²) in [5.74, 6) is 1.46. The lowest BCUT2D eigenvalue weighted by Gasteiger charge is -2.04. The number of hydrogen-bond acceptors (Lipinski definition) is 5. The van der Waals surface area contributed by atoms with Crippen LogP contribution < -0.4 is 5.32 Å². The van der Waals surface area contributed by atoms with E-state index in [2.05, 4.69) is 21.6 Å². The average Bonchev–Trinajstić information content (AvgIpc) is 3.16. The highest BCUT2D eigenvalue weighted by Gasteiger charge is 2.27. The minimum Gasteiger partial charge on any atom is -0.326 e. The van der Waals surface area contributed by atoms with E-state index in [1.807, 2.05) is 18.2 Å². The molecule has 0 saturated heterocycles. The van der Waals surface area contributed by atoms with Crippen LogP contribution in [-0.2, 0) is 10.5 Å². The molecule has 0 aliphatic heterocycles. The highest BCUT2D eigenvalue weighted by molar-refractivity contribution is 8.00. The second-order valence-corrected chi connectivity index (χ2v) is 7.08. The van der Waals surface area contributed by atoms with Crippen LogP contribution in [0.4, 0.5) is 5.69 Å². The fourth-order valence-corrected chi connectivity index (χ4v) is 3.84. The maximum absolute atomic E-state index is 11.0. The van der Waals surface area contributed by atoms with E-state index in [-0.39, 0.29) is 5.91 Å². The number of amides is 1. The van der Waals surface area contributed by atoms with Crippen LogP contribution in [0, 0.1) is 0 Å². The molecule has 1 heterocycles. The lowest BCUT2D eigenvalue weighted by Crippen LogP contribution is -2.05. The van der Waals surface area contributed by atoms with Crippen LogP contribution in [-0.4, -0.2) is 16.1 Å². The molecule has 1 aliphatic carbocycles. The standard InChI is InChI=1S/C14H15N3OS2/c1-9(18)15-12-4-2-3-10(7-12)8-19-14-17-16-13(20-14)11-5-6-11/h2-4,7,11H,5-6,8H2,1H3,(H,15,18). The Hall–Kier alpha value is -1.40. The molecular formula is C14H15N3OS2. The first-order valence-electron chi connectivity index (χ1n) is 6.53. The monoisotopic (exact) mass is 305 g/mol. The molecule has 1 aromatic heterocycles. The Labute approximate surface area is 126 Å². The molecular weight excluding hydrogens is 290 g/mol. The summed E-state index contributed by atoms with van der Waals surface area (Å²) in [6, 6.07) is 7.90. The van der Waals surface area contributed by atoms with Crippen LogP contribution in [0.2, 0.25) is 0 Å². The summed E-state index contributed by atoms with van der Waals surface area (Å²) in [5, 5.41) is 12.4. The zero-order valence-corrected chi connectivity index (χ0v) is 12.8. The van der Waals surface area contributed by atoms with Crippen molar-refractivity contribution in [2.24, 2.45) is 0 Å². The number of hydrogen-bond donors (Lipinski definition) is 1. The molecule has 1 N–H and O–H groups in total. The Morgan fingerprint density at radius 1 is 1.45 bits per heavy atom. The highest BCUT2D eigenvalue weighted by Crippen LogP contribution is 2.42. The van der Waals surface area contributed by atoms with Gasteiger partial charge in [0.1, 0.15) is 5.01 Å². The fourth-order valence-electron chi connectivity index (χ4n) is 1.86. The molecule has 1 amide bonds. The van der Waals surface area contributed by atoms with Gasteiger partial charge in [-0.1, -0.05) is 35.2 Å². The summed E-state index contributed by atoms with van der Waals surface area (Å²) >= 11 is 3.41. The van der Waals surface area contributed by atoms with Gasteiger partial charge in [-0.25, -0.2) is 0 Å². The minimum absolute atomic E-state index is 0.0481. The van der Waals surface area contributed by atoms with Gasteiger partial charge in [-0.3, -0.25) is 4.79 Å². The summed E-state index contributed by atoms with van der Waals surface area (Å²) < 4.78 is 1.02.